The first-order valence-corrected chi connectivity index (χ1v) is 5.76. The van der Waals surface area contributed by atoms with Crippen LogP contribution in [0.5, 0.6) is 0 Å². The van der Waals surface area contributed by atoms with E-state index in [9.17, 15) is 4.79 Å². The number of hydrogen-bond acceptors (Lipinski definition) is 4. The number of anilines is 2. The molecular formula is C12H9Cl2N3O. The second kappa shape index (κ2) is 4.84. The maximum Gasteiger partial charge on any atom is 0.196 e. The number of nitrogens with zero attached hydrogens (tertiary/aromatic N) is 1. The first kappa shape index (κ1) is 12.7. The molecule has 92 valence electrons. The molecule has 1 heterocycles. The van der Waals surface area contributed by atoms with Gasteiger partial charge >= 0.3 is 0 Å². The van der Waals surface area contributed by atoms with Crippen LogP contribution >= 0.6 is 23.2 Å². The number of rotatable bonds is 2. The second-order valence-electron chi connectivity index (χ2n) is 3.62. The zero-order valence-electron chi connectivity index (χ0n) is 9.15. The standard InChI is InChI=1S/C12H9Cl2N3O/c13-8-4-6(5-9(14)10(8)15)11(18)7-2-1-3-17-12(7)16/h1-5H,15H2,(H2,16,17). The Hall–Kier alpha value is -1.78. The van der Waals surface area contributed by atoms with E-state index in [1.54, 1.807) is 12.1 Å². The van der Waals surface area contributed by atoms with Crippen LogP contribution in [-0.4, -0.2) is 10.8 Å². The van der Waals surface area contributed by atoms with Gasteiger partial charge < -0.3 is 11.5 Å². The zero-order chi connectivity index (χ0) is 13.3. The van der Waals surface area contributed by atoms with Crippen LogP contribution in [0.1, 0.15) is 15.9 Å². The van der Waals surface area contributed by atoms with E-state index in [0.29, 0.717) is 11.1 Å². The highest BCUT2D eigenvalue weighted by atomic mass is 35.5. The van der Waals surface area contributed by atoms with Crippen molar-refractivity contribution in [2.45, 2.75) is 0 Å². The Bertz CT molecular complexity index is 605. The Morgan fingerprint density at radius 2 is 1.78 bits per heavy atom. The van der Waals surface area contributed by atoms with Gasteiger partial charge in [-0.05, 0) is 24.3 Å². The van der Waals surface area contributed by atoms with E-state index in [1.807, 2.05) is 0 Å². The van der Waals surface area contributed by atoms with Gasteiger partial charge in [-0.1, -0.05) is 23.2 Å². The average Bonchev–Trinajstić information content (AvgIpc) is 2.35. The van der Waals surface area contributed by atoms with E-state index in [-0.39, 0.29) is 27.3 Å². The lowest BCUT2D eigenvalue weighted by molar-refractivity contribution is 0.103. The van der Waals surface area contributed by atoms with Crippen molar-refractivity contribution >= 4 is 40.5 Å². The Morgan fingerprint density at radius 3 is 2.33 bits per heavy atom. The predicted molar refractivity (Wildman–Crippen MR) is 73.0 cm³/mol. The number of nitrogen functional groups attached to an aromatic ring is 2. The third kappa shape index (κ3) is 2.25. The zero-order valence-corrected chi connectivity index (χ0v) is 10.7. The van der Waals surface area contributed by atoms with Crippen LogP contribution in [0.25, 0.3) is 0 Å². The van der Waals surface area contributed by atoms with Gasteiger partial charge in [-0.2, -0.15) is 0 Å². The molecule has 2 aromatic rings. The Balaban J connectivity index is 2.51. The first-order chi connectivity index (χ1) is 8.50. The van der Waals surface area contributed by atoms with Gasteiger partial charge in [0.05, 0.1) is 21.3 Å². The van der Waals surface area contributed by atoms with Crippen LogP contribution < -0.4 is 11.5 Å². The number of carbonyl (C=O) groups is 1. The Kier molecular flexibility index (Phi) is 3.41. The van der Waals surface area contributed by atoms with Crippen molar-refractivity contribution in [3.63, 3.8) is 0 Å². The van der Waals surface area contributed by atoms with Crippen molar-refractivity contribution < 1.29 is 4.79 Å². The Labute approximate surface area is 114 Å². The Morgan fingerprint density at radius 1 is 1.17 bits per heavy atom. The fraction of sp³-hybridized carbons (Fsp3) is 0. The third-order valence-electron chi connectivity index (χ3n) is 2.42. The van der Waals surface area contributed by atoms with Gasteiger partial charge in [-0.3, -0.25) is 4.79 Å². The molecule has 1 aromatic heterocycles. The molecule has 1 aromatic carbocycles. The van der Waals surface area contributed by atoms with Crippen molar-refractivity contribution in [2.24, 2.45) is 0 Å². The lowest BCUT2D eigenvalue weighted by Gasteiger charge is -2.07. The number of aromatic nitrogens is 1. The normalized spacial score (nSPS) is 10.3. The van der Waals surface area contributed by atoms with Gasteiger partial charge in [0.2, 0.25) is 0 Å². The number of halogens is 2. The van der Waals surface area contributed by atoms with Crippen molar-refractivity contribution in [3.05, 3.63) is 51.6 Å². The predicted octanol–water partition coefficient (Wildman–Crippen LogP) is 2.78. The number of carbonyl (C=O) groups excluding carboxylic acids is 1. The quantitative estimate of drug-likeness (QED) is 0.655. The van der Waals surface area contributed by atoms with Crippen LogP contribution in [0.2, 0.25) is 10.0 Å². The molecule has 0 aliphatic heterocycles. The summed E-state index contributed by atoms with van der Waals surface area (Å²) in [5.41, 5.74) is 12.1. The van der Waals surface area contributed by atoms with Crippen LogP contribution in [0, 0.1) is 0 Å². The molecule has 0 aliphatic carbocycles. The molecule has 0 aliphatic rings. The minimum atomic E-state index is -0.301. The highest BCUT2D eigenvalue weighted by Gasteiger charge is 2.15. The molecule has 4 N–H and O–H groups in total. The molecule has 0 bridgehead atoms. The maximum atomic E-state index is 12.2. The molecule has 0 amide bonds. The summed E-state index contributed by atoms with van der Waals surface area (Å²) >= 11 is 11.8. The number of benzene rings is 1. The fourth-order valence-electron chi connectivity index (χ4n) is 1.48. The van der Waals surface area contributed by atoms with E-state index in [1.165, 1.54) is 18.3 Å². The first-order valence-electron chi connectivity index (χ1n) is 5.00. The van der Waals surface area contributed by atoms with Crippen molar-refractivity contribution in [1.29, 1.82) is 0 Å². The summed E-state index contributed by atoms with van der Waals surface area (Å²) in [5, 5.41) is 0.460. The SMILES string of the molecule is Nc1ncccc1C(=O)c1cc(Cl)c(N)c(Cl)c1. The number of pyridine rings is 1. The fourth-order valence-corrected chi connectivity index (χ4v) is 1.97. The molecule has 0 fully saturated rings. The molecular weight excluding hydrogens is 273 g/mol. The summed E-state index contributed by atoms with van der Waals surface area (Å²) in [4.78, 5) is 16.1. The van der Waals surface area contributed by atoms with Gasteiger partial charge in [-0.25, -0.2) is 4.98 Å². The van der Waals surface area contributed by atoms with Gasteiger partial charge in [0, 0.05) is 11.8 Å². The summed E-state index contributed by atoms with van der Waals surface area (Å²) in [6, 6.07) is 6.13. The van der Waals surface area contributed by atoms with Crippen LogP contribution in [0.4, 0.5) is 11.5 Å². The molecule has 0 spiro atoms. The largest absolute Gasteiger partial charge is 0.396 e. The van der Waals surface area contributed by atoms with Crippen molar-refractivity contribution in [1.82, 2.24) is 4.98 Å². The molecule has 0 saturated heterocycles. The molecule has 18 heavy (non-hydrogen) atoms. The lowest BCUT2D eigenvalue weighted by Crippen LogP contribution is -2.07. The van der Waals surface area contributed by atoms with Crippen LogP contribution in [0.3, 0.4) is 0 Å². The third-order valence-corrected chi connectivity index (χ3v) is 3.05. The molecule has 0 atom stereocenters. The van der Waals surface area contributed by atoms with E-state index >= 15 is 0 Å². The summed E-state index contributed by atoms with van der Waals surface area (Å²) in [7, 11) is 0. The molecule has 2 rings (SSSR count). The highest BCUT2D eigenvalue weighted by molar-refractivity contribution is 6.39. The van der Waals surface area contributed by atoms with E-state index in [0.717, 1.165) is 0 Å². The van der Waals surface area contributed by atoms with Gasteiger partial charge in [0.15, 0.2) is 5.78 Å². The summed E-state index contributed by atoms with van der Waals surface area (Å²) in [5.74, 6) is -0.143. The number of hydrogen-bond donors (Lipinski definition) is 2. The smallest absolute Gasteiger partial charge is 0.196 e. The lowest BCUT2D eigenvalue weighted by atomic mass is 10.0. The second-order valence-corrected chi connectivity index (χ2v) is 4.43. The van der Waals surface area contributed by atoms with Crippen molar-refractivity contribution in [3.8, 4) is 0 Å². The molecule has 0 saturated carbocycles. The summed E-state index contributed by atoms with van der Waals surface area (Å²) in [6.07, 6.45) is 1.51. The van der Waals surface area contributed by atoms with Gasteiger partial charge in [-0.15, -0.1) is 0 Å². The number of ketones is 1. The average molecular weight is 282 g/mol. The monoisotopic (exact) mass is 281 g/mol. The molecule has 0 radical (unpaired) electrons. The maximum absolute atomic E-state index is 12.2. The molecule has 4 nitrogen and oxygen atoms in total. The van der Waals surface area contributed by atoms with Crippen molar-refractivity contribution in [2.75, 3.05) is 11.5 Å². The van der Waals surface area contributed by atoms with Crippen LogP contribution in [-0.2, 0) is 0 Å². The van der Waals surface area contributed by atoms with E-state index in [4.69, 9.17) is 34.7 Å². The van der Waals surface area contributed by atoms with E-state index < -0.39 is 0 Å². The summed E-state index contributed by atoms with van der Waals surface area (Å²) in [6.45, 7) is 0. The van der Waals surface area contributed by atoms with Crippen LogP contribution in [0.15, 0.2) is 30.5 Å². The molecule has 0 unspecified atom stereocenters. The number of nitrogens with two attached hydrogens (primary N) is 2. The minimum absolute atomic E-state index is 0.159. The topological polar surface area (TPSA) is 82.0 Å². The van der Waals surface area contributed by atoms with Gasteiger partial charge in [0.25, 0.3) is 0 Å². The minimum Gasteiger partial charge on any atom is -0.396 e. The van der Waals surface area contributed by atoms with Gasteiger partial charge in [0.1, 0.15) is 5.82 Å². The van der Waals surface area contributed by atoms with E-state index in [2.05, 4.69) is 4.98 Å². The highest BCUT2D eigenvalue weighted by Crippen LogP contribution is 2.30. The summed E-state index contributed by atoms with van der Waals surface area (Å²) < 4.78 is 0. The molecule has 6 heteroatoms.